The molecule has 0 radical (unpaired) electrons. The number of fused-ring (bicyclic) bond motifs is 1. The van der Waals surface area contributed by atoms with E-state index in [2.05, 4.69) is 42.7 Å². The van der Waals surface area contributed by atoms with Crippen LogP contribution in [0.3, 0.4) is 0 Å². The molecule has 2 aliphatic rings. The first-order chi connectivity index (χ1) is 15.3. The standard InChI is InChI=1S/C29H35NO2/c1-4-6-21(2)13-14-29(32)16-26-18-30(19-27(26)17-29)20-28(31)24-11-9-23(10-12-24)25-8-5-7-22(3)15-25/h4-12,15,26-27,32H,2,13-14,16-20H2,1,3H3/b6-4-/t26-,27+,29?. The van der Waals surface area contributed by atoms with Crippen molar-refractivity contribution in [2.45, 2.75) is 45.1 Å². The highest BCUT2D eigenvalue weighted by molar-refractivity contribution is 5.98. The zero-order valence-electron chi connectivity index (χ0n) is 19.4. The van der Waals surface area contributed by atoms with Gasteiger partial charge in [0, 0.05) is 18.7 Å². The molecule has 3 atom stereocenters. The zero-order valence-corrected chi connectivity index (χ0v) is 19.4. The quantitative estimate of drug-likeness (QED) is 0.424. The normalized spacial score (nSPS) is 25.3. The number of hydrogen-bond donors (Lipinski definition) is 1. The highest BCUT2D eigenvalue weighted by atomic mass is 16.3. The average molecular weight is 430 g/mol. The van der Waals surface area contributed by atoms with Crippen molar-refractivity contribution < 1.29 is 9.90 Å². The number of aliphatic hydroxyl groups is 1. The fraction of sp³-hybridized carbons (Fsp3) is 0.414. The van der Waals surface area contributed by atoms with Gasteiger partial charge in [0.25, 0.3) is 0 Å². The highest BCUT2D eigenvalue weighted by Gasteiger charge is 2.47. The summed E-state index contributed by atoms with van der Waals surface area (Å²) in [7, 11) is 0. The van der Waals surface area contributed by atoms with Gasteiger partial charge in [-0.15, -0.1) is 0 Å². The molecule has 1 saturated carbocycles. The molecule has 4 rings (SSSR count). The van der Waals surface area contributed by atoms with Gasteiger partial charge in [-0.2, -0.15) is 0 Å². The van der Waals surface area contributed by atoms with Gasteiger partial charge in [-0.3, -0.25) is 9.69 Å². The molecule has 168 valence electrons. The van der Waals surface area contributed by atoms with Crippen LogP contribution in [-0.2, 0) is 0 Å². The Morgan fingerprint density at radius 3 is 2.44 bits per heavy atom. The van der Waals surface area contributed by atoms with E-state index in [4.69, 9.17) is 0 Å². The van der Waals surface area contributed by atoms with Crippen LogP contribution in [0.4, 0.5) is 0 Å². The Morgan fingerprint density at radius 1 is 1.12 bits per heavy atom. The van der Waals surface area contributed by atoms with Crippen molar-refractivity contribution in [3.05, 3.63) is 84.0 Å². The van der Waals surface area contributed by atoms with E-state index in [-0.39, 0.29) is 5.78 Å². The molecule has 1 N–H and O–H groups in total. The second-order valence-electron chi connectivity index (χ2n) is 9.88. The van der Waals surface area contributed by atoms with E-state index in [1.54, 1.807) is 0 Å². The van der Waals surface area contributed by atoms with Gasteiger partial charge in [0.05, 0.1) is 12.1 Å². The van der Waals surface area contributed by atoms with Gasteiger partial charge in [0.2, 0.25) is 0 Å². The third kappa shape index (κ3) is 5.28. The lowest BCUT2D eigenvalue weighted by Crippen LogP contribution is -2.32. The van der Waals surface area contributed by atoms with Crippen molar-refractivity contribution in [2.24, 2.45) is 11.8 Å². The molecule has 0 amide bonds. The second-order valence-corrected chi connectivity index (χ2v) is 9.88. The molecule has 1 aliphatic heterocycles. The van der Waals surface area contributed by atoms with Gasteiger partial charge in [-0.25, -0.2) is 0 Å². The number of aryl methyl sites for hydroxylation is 1. The number of carbonyl (C=O) groups is 1. The summed E-state index contributed by atoms with van der Waals surface area (Å²) < 4.78 is 0. The molecule has 3 nitrogen and oxygen atoms in total. The number of likely N-dealkylation sites (tertiary alicyclic amines) is 1. The molecule has 0 aromatic heterocycles. The van der Waals surface area contributed by atoms with Crippen molar-refractivity contribution in [1.29, 1.82) is 0 Å². The summed E-state index contributed by atoms with van der Waals surface area (Å²) in [6.07, 6.45) is 7.35. The summed E-state index contributed by atoms with van der Waals surface area (Å²) in [6.45, 7) is 10.4. The highest BCUT2D eigenvalue weighted by Crippen LogP contribution is 2.46. The Labute approximate surface area is 192 Å². The van der Waals surface area contributed by atoms with Crippen molar-refractivity contribution in [1.82, 2.24) is 4.90 Å². The van der Waals surface area contributed by atoms with Gasteiger partial charge in [-0.1, -0.05) is 78.4 Å². The maximum atomic E-state index is 12.9. The first kappa shape index (κ1) is 22.7. The number of rotatable bonds is 8. The molecular formula is C29H35NO2. The van der Waals surface area contributed by atoms with E-state index >= 15 is 0 Å². The minimum Gasteiger partial charge on any atom is -0.390 e. The lowest BCUT2D eigenvalue weighted by atomic mass is 9.92. The van der Waals surface area contributed by atoms with Crippen LogP contribution in [0, 0.1) is 18.8 Å². The van der Waals surface area contributed by atoms with E-state index in [9.17, 15) is 9.90 Å². The number of carbonyl (C=O) groups excluding carboxylic acids is 1. The number of ketones is 1. The van der Waals surface area contributed by atoms with Crippen LogP contribution in [0.15, 0.2) is 72.8 Å². The lowest BCUT2D eigenvalue weighted by Gasteiger charge is -2.26. The first-order valence-corrected chi connectivity index (χ1v) is 11.8. The maximum Gasteiger partial charge on any atom is 0.176 e. The van der Waals surface area contributed by atoms with Crippen LogP contribution in [0.2, 0.25) is 0 Å². The van der Waals surface area contributed by atoms with Crippen molar-refractivity contribution >= 4 is 5.78 Å². The number of benzene rings is 2. The molecule has 2 aromatic rings. The fourth-order valence-corrected chi connectivity index (χ4v) is 5.57. The molecular weight excluding hydrogens is 394 g/mol. The third-order valence-electron chi connectivity index (χ3n) is 7.18. The monoisotopic (exact) mass is 429 g/mol. The van der Waals surface area contributed by atoms with Gasteiger partial charge in [-0.05, 0) is 62.5 Å². The summed E-state index contributed by atoms with van der Waals surface area (Å²) >= 11 is 0. The topological polar surface area (TPSA) is 40.5 Å². The SMILES string of the molecule is C=C(/C=C\C)CCC1(O)C[C@H]2CN(CC(=O)c3ccc(-c4cccc(C)c4)cc3)C[C@H]2C1. The van der Waals surface area contributed by atoms with Gasteiger partial charge in [0.1, 0.15) is 0 Å². The zero-order chi connectivity index (χ0) is 22.7. The maximum absolute atomic E-state index is 12.9. The number of nitrogens with zero attached hydrogens (tertiary/aromatic N) is 1. The molecule has 32 heavy (non-hydrogen) atoms. The molecule has 1 unspecified atom stereocenters. The summed E-state index contributed by atoms with van der Waals surface area (Å²) in [4.78, 5) is 15.2. The predicted molar refractivity (Wildman–Crippen MR) is 132 cm³/mol. The van der Waals surface area contributed by atoms with Crippen molar-refractivity contribution in [2.75, 3.05) is 19.6 Å². The lowest BCUT2D eigenvalue weighted by molar-refractivity contribution is 0.0273. The fourth-order valence-electron chi connectivity index (χ4n) is 5.57. The number of allylic oxidation sites excluding steroid dienone is 3. The van der Waals surface area contributed by atoms with Crippen LogP contribution in [0.25, 0.3) is 11.1 Å². The molecule has 2 fully saturated rings. The van der Waals surface area contributed by atoms with E-state index in [0.29, 0.717) is 18.4 Å². The Morgan fingerprint density at radius 2 is 1.81 bits per heavy atom. The molecule has 3 heteroatoms. The molecule has 0 bridgehead atoms. The Bertz CT molecular complexity index is 990. The van der Waals surface area contributed by atoms with Crippen LogP contribution in [0.1, 0.15) is 48.5 Å². The predicted octanol–water partition coefficient (Wildman–Crippen LogP) is 5.83. The molecule has 1 heterocycles. The molecule has 1 saturated heterocycles. The third-order valence-corrected chi connectivity index (χ3v) is 7.18. The van der Waals surface area contributed by atoms with Crippen molar-refractivity contribution in [3.63, 3.8) is 0 Å². The molecule has 0 spiro atoms. The van der Waals surface area contributed by atoms with Gasteiger partial charge >= 0.3 is 0 Å². The largest absolute Gasteiger partial charge is 0.390 e. The van der Waals surface area contributed by atoms with Crippen LogP contribution in [0.5, 0.6) is 0 Å². The first-order valence-electron chi connectivity index (χ1n) is 11.8. The second kappa shape index (κ2) is 9.56. The Hall–Kier alpha value is -2.49. The summed E-state index contributed by atoms with van der Waals surface area (Å²) in [6, 6.07) is 16.4. The Kier molecular flexibility index (Phi) is 6.78. The summed E-state index contributed by atoms with van der Waals surface area (Å²) in [5.74, 6) is 1.16. The summed E-state index contributed by atoms with van der Waals surface area (Å²) in [5, 5.41) is 11.0. The van der Waals surface area contributed by atoms with Crippen LogP contribution >= 0.6 is 0 Å². The van der Waals surface area contributed by atoms with Crippen molar-refractivity contribution in [3.8, 4) is 11.1 Å². The van der Waals surface area contributed by atoms with E-state index in [0.717, 1.165) is 55.5 Å². The average Bonchev–Trinajstić information content (AvgIpc) is 3.27. The minimum atomic E-state index is -0.568. The van der Waals surface area contributed by atoms with Gasteiger partial charge in [0.15, 0.2) is 5.78 Å². The van der Waals surface area contributed by atoms with E-state index in [1.165, 1.54) is 11.1 Å². The van der Waals surface area contributed by atoms with Crippen LogP contribution < -0.4 is 0 Å². The Balaban J connectivity index is 1.29. The van der Waals surface area contributed by atoms with Gasteiger partial charge < -0.3 is 5.11 Å². The molecule has 2 aromatic carbocycles. The smallest absolute Gasteiger partial charge is 0.176 e. The summed E-state index contributed by atoms with van der Waals surface area (Å²) in [5.41, 5.74) is 4.84. The molecule has 1 aliphatic carbocycles. The van der Waals surface area contributed by atoms with Crippen LogP contribution in [-0.4, -0.2) is 41.0 Å². The number of hydrogen-bond acceptors (Lipinski definition) is 3. The van der Waals surface area contributed by atoms with E-state index < -0.39 is 5.60 Å². The number of Topliss-reactive ketones (excluding diaryl/α,β-unsaturated/α-hetero) is 1. The minimum absolute atomic E-state index is 0.179. The van der Waals surface area contributed by atoms with E-state index in [1.807, 2.05) is 43.3 Å².